The molecule has 0 spiro atoms. The first-order valence-corrected chi connectivity index (χ1v) is 17.2. The van der Waals surface area contributed by atoms with Crippen LogP contribution in [0, 0.1) is 35.5 Å². The van der Waals surface area contributed by atoms with Crippen LogP contribution in [0.15, 0.2) is 30.3 Å². The molecular formula is C36H62N6O5. The van der Waals surface area contributed by atoms with Crippen molar-refractivity contribution in [3.05, 3.63) is 35.9 Å². The van der Waals surface area contributed by atoms with E-state index in [1.165, 1.54) is 0 Å². The molecule has 0 unspecified atom stereocenters. The van der Waals surface area contributed by atoms with Crippen molar-refractivity contribution < 1.29 is 24.0 Å². The molecule has 1 aromatic rings. The summed E-state index contributed by atoms with van der Waals surface area (Å²) in [6.07, 6.45) is 2.07. The van der Waals surface area contributed by atoms with Crippen LogP contribution in [0.3, 0.4) is 0 Å². The van der Waals surface area contributed by atoms with Crippen LogP contribution in [-0.2, 0) is 30.4 Å². The van der Waals surface area contributed by atoms with E-state index < -0.39 is 41.9 Å². The van der Waals surface area contributed by atoms with Gasteiger partial charge in [0.2, 0.25) is 29.5 Å². The Kier molecular flexibility index (Phi) is 17.7. The van der Waals surface area contributed by atoms with Crippen LogP contribution in [-0.4, -0.2) is 59.7 Å². The van der Waals surface area contributed by atoms with Gasteiger partial charge in [-0.25, -0.2) is 0 Å². The number of carbonyl (C=O) groups is 5. The fraction of sp³-hybridized carbons (Fsp3) is 0.694. The zero-order valence-corrected chi connectivity index (χ0v) is 30.3. The maximum atomic E-state index is 13.9. The zero-order chi connectivity index (χ0) is 36.0. The third-order valence-corrected chi connectivity index (χ3v) is 8.45. The lowest BCUT2D eigenvalue weighted by atomic mass is 9.89. The second-order valence-corrected chi connectivity index (χ2v) is 14.7. The molecule has 266 valence electrons. The van der Waals surface area contributed by atoms with Crippen molar-refractivity contribution in [2.75, 3.05) is 0 Å². The quantitative estimate of drug-likeness (QED) is 0.125. The monoisotopic (exact) mass is 658 g/mol. The molecule has 0 aliphatic carbocycles. The number of benzene rings is 1. The fourth-order valence-corrected chi connectivity index (χ4v) is 5.44. The number of hydrogen-bond acceptors (Lipinski definition) is 6. The predicted octanol–water partition coefficient (Wildman–Crippen LogP) is 3.05. The largest absolute Gasteiger partial charge is 0.368 e. The first-order chi connectivity index (χ1) is 21.8. The molecule has 1 rings (SSSR count). The number of carbonyl (C=O) groups excluding carboxylic acids is 5. The summed E-state index contributed by atoms with van der Waals surface area (Å²) < 4.78 is 0. The Morgan fingerprint density at radius 2 is 1.06 bits per heavy atom. The van der Waals surface area contributed by atoms with Gasteiger partial charge in [0.25, 0.3) is 0 Å². The maximum Gasteiger partial charge on any atom is 0.243 e. The Morgan fingerprint density at radius 3 is 1.51 bits per heavy atom. The van der Waals surface area contributed by atoms with E-state index in [0.717, 1.165) is 5.56 Å². The lowest BCUT2D eigenvalue weighted by Crippen LogP contribution is -2.57. The summed E-state index contributed by atoms with van der Waals surface area (Å²) in [5.41, 5.74) is 12.5. The minimum atomic E-state index is -0.875. The van der Waals surface area contributed by atoms with Gasteiger partial charge in [-0.2, -0.15) is 0 Å². The SMILES string of the molecule is CC(C)C[C@@H](CC[C@@H](Cc1ccccc1)C(=O)N[C@H](C(=O)N[C@H](C(N)=O)C(C)C)C(C)C)NC(=O)[C@@H](NC(=O)[C@@H](N)C(C)C)C(C)C. The normalized spacial score (nSPS) is 15.6. The highest BCUT2D eigenvalue weighted by Crippen LogP contribution is 2.20. The zero-order valence-electron chi connectivity index (χ0n) is 30.3. The molecule has 1 aromatic carbocycles. The fourth-order valence-electron chi connectivity index (χ4n) is 5.44. The molecule has 5 amide bonds. The van der Waals surface area contributed by atoms with Crippen molar-refractivity contribution in [3.8, 4) is 0 Å². The van der Waals surface area contributed by atoms with Crippen molar-refractivity contribution in [2.45, 2.75) is 125 Å². The van der Waals surface area contributed by atoms with Crippen molar-refractivity contribution in [1.29, 1.82) is 0 Å². The van der Waals surface area contributed by atoms with Gasteiger partial charge in [-0.15, -0.1) is 0 Å². The van der Waals surface area contributed by atoms with Crippen molar-refractivity contribution in [2.24, 2.45) is 47.0 Å². The molecule has 0 aromatic heterocycles. The van der Waals surface area contributed by atoms with E-state index in [4.69, 9.17) is 11.5 Å². The van der Waals surface area contributed by atoms with E-state index >= 15 is 0 Å². The Balaban J connectivity index is 3.22. The van der Waals surface area contributed by atoms with Gasteiger partial charge in [0.1, 0.15) is 18.1 Å². The third kappa shape index (κ3) is 14.5. The molecule has 6 atom stereocenters. The first-order valence-electron chi connectivity index (χ1n) is 17.2. The Hall–Kier alpha value is -3.47. The Morgan fingerprint density at radius 1 is 0.596 bits per heavy atom. The second-order valence-electron chi connectivity index (χ2n) is 14.7. The number of rotatable bonds is 20. The van der Waals surface area contributed by atoms with Gasteiger partial charge in [0.05, 0.1) is 6.04 Å². The van der Waals surface area contributed by atoms with E-state index in [1.54, 1.807) is 13.8 Å². The third-order valence-electron chi connectivity index (χ3n) is 8.45. The molecule has 0 fully saturated rings. The molecule has 0 heterocycles. The molecule has 0 radical (unpaired) electrons. The molecule has 11 nitrogen and oxygen atoms in total. The summed E-state index contributed by atoms with van der Waals surface area (Å²) in [6.45, 7) is 18.8. The summed E-state index contributed by atoms with van der Waals surface area (Å²) in [5, 5.41) is 11.6. The van der Waals surface area contributed by atoms with Crippen LogP contribution < -0.4 is 32.7 Å². The molecular weight excluding hydrogens is 596 g/mol. The number of hydrogen-bond donors (Lipinski definition) is 6. The van der Waals surface area contributed by atoms with Gasteiger partial charge in [-0.1, -0.05) is 99.6 Å². The van der Waals surface area contributed by atoms with E-state index in [9.17, 15) is 24.0 Å². The van der Waals surface area contributed by atoms with E-state index in [-0.39, 0.29) is 53.4 Å². The molecule has 8 N–H and O–H groups in total. The van der Waals surface area contributed by atoms with Gasteiger partial charge < -0.3 is 32.7 Å². The van der Waals surface area contributed by atoms with Crippen LogP contribution in [0.5, 0.6) is 0 Å². The van der Waals surface area contributed by atoms with Crippen molar-refractivity contribution in [1.82, 2.24) is 21.3 Å². The highest BCUT2D eigenvalue weighted by molar-refractivity contribution is 5.92. The lowest BCUT2D eigenvalue weighted by molar-refractivity contribution is -0.134. The van der Waals surface area contributed by atoms with Crippen LogP contribution in [0.4, 0.5) is 0 Å². The molecule has 11 heteroatoms. The Labute approximate surface area is 282 Å². The Bertz CT molecular complexity index is 1150. The van der Waals surface area contributed by atoms with Gasteiger partial charge in [-0.3, -0.25) is 24.0 Å². The van der Waals surface area contributed by atoms with Gasteiger partial charge >= 0.3 is 0 Å². The van der Waals surface area contributed by atoms with Crippen LogP contribution in [0.1, 0.15) is 94.1 Å². The molecule has 0 saturated heterocycles. The number of nitrogens with one attached hydrogen (secondary N) is 4. The highest BCUT2D eigenvalue weighted by Gasteiger charge is 2.33. The first kappa shape index (κ1) is 41.6. The highest BCUT2D eigenvalue weighted by atomic mass is 16.2. The van der Waals surface area contributed by atoms with Crippen LogP contribution >= 0.6 is 0 Å². The van der Waals surface area contributed by atoms with E-state index in [2.05, 4.69) is 35.1 Å². The summed E-state index contributed by atoms with van der Waals surface area (Å²) in [6, 6.07) is 6.18. The average molecular weight is 659 g/mol. The van der Waals surface area contributed by atoms with Crippen molar-refractivity contribution in [3.63, 3.8) is 0 Å². The molecule has 0 saturated carbocycles. The summed E-state index contributed by atoms with van der Waals surface area (Å²) in [4.78, 5) is 65.4. The molecule has 0 aliphatic rings. The lowest BCUT2D eigenvalue weighted by Gasteiger charge is -2.29. The smallest absolute Gasteiger partial charge is 0.243 e. The van der Waals surface area contributed by atoms with Gasteiger partial charge in [-0.05, 0) is 60.8 Å². The number of nitrogens with two attached hydrogens (primary N) is 2. The molecule has 0 aliphatic heterocycles. The summed E-state index contributed by atoms with van der Waals surface area (Å²) in [5.74, 6) is -2.99. The van der Waals surface area contributed by atoms with Crippen molar-refractivity contribution >= 4 is 29.5 Å². The number of amides is 5. The molecule has 47 heavy (non-hydrogen) atoms. The minimum absolute atomic E-state index is 0.0755. The van der Waals surface area contributed by atoms with Crippen LogP contribution in [0.2, 0.25) is 0 Å². The standard InChI is InChI=1S/C36H62N6O5/c1-20(2)18-27(39-35(46)30(23(7)8)42-34(45)28(37)21(3)4)17-16-26(19-25-14-12-11-13-15-25)33(44)41-31(24(9)10)36(47)40-29(22(5)6)32(38)43/h11-15,20-24,26-31H,16-19,37H2,1-10H3,(H2,38,43)(H,39,46)(H,40,47)(H,41,44)(H,42,45)/t26-,27+,28-,29-,30-,31-/m0/s1. The second kappa shape index (κ2) is 20.0. The predicted molar refractivity (Wildman–Crippen MR) is 187 cm³/mol. The van der Waals surface area contributed by atoms with Crippen LogP contribution in [0.25, 0.3) is 0 Å². The molecule has 0 bridgehead atoms. The van der Waals surface area contributed by atoms with Gasteiger partial charge in [0.15, 0.2) is 0 Å². The van der Waals surface area contributed by atoms with E-state index in [1.807, 2.05) is 71.9 Å². The number of primary amides is 1. The minimum Gasteiger partial charge on any atom is -0.368 e. The average Bonchev–Trinajstić information content (AvgIpc) is 2.97. The van der Waals surface area contributed by atoms with Gasteiger partial charge in [0, 0.05) is 12.0 Å². The maximum absolute atomic E-state index is 13.9. The van der Waals surface area contributed by atoms with E-state index in [0.29, 0.717) is 25.7 Å². The summed E-state index contributed by atoms with van der Waals surface area (Å²) >= 11 is 0. The topological polar surface area (TPSA) is 186 Å². The summed E-state index contributed by atoms with van der Waals surface area (Å²) in [7, 11) is 0.